The number of nitrogens with one attached hydrogen (secondary N) is 2. The van der Waals surface area contributed by atoms with Crippen LogP contribution in [0.4, 0.5) is 11.4 Å². The quantitative estimate of drug-likeness (QED) is 0.649. The lowest BCUT2D eigenvalue weighted by Crippen LogP contribution is -2.29. The number of carbonyl (C=O) groups excluding carboxylic acids is 1. The zero-order chi connectivity index (χ0) is 16.1. The van der Waals surface area contributed by atoms with Crippen LogP contribution in [0.1, 0.15) is 10.4 Å². The summed E-state index contributed by atoms with van der Waals surface area (Å²) in [5, 5.41) is 10.9. The number of hydrogen-bond donors (Lipinski definition) is 2. The number of hydrazine groups is 1. The second kappa shape index (κ2) is 6.81. The van der Waals surface area contributed by atoms with Crippen LogP contribution in [0.15, 0.2) is 53.4 Å². The standard InChI is InChI=1S/C14H13N3O4S/c1-22(21)11-8-6-10(7-9-11)14(18)16-15-12-4-2-3-5-13(12)17(19)20/h2-9,15H,1H3,(H,16,18). The third kappa shape index (κ3) is 3.67. The smallest absolute Gasteiger partial charge is 0.292 e. The minimum Gasteiger partial charge on any atom is -0.292 e. The fourth-order valence-corrected chi connectivity index (χ4v) is 2.25. The third-order valence-electron chi connectivity index (χ3n) is 2.86. The summed E-state index contributed by atoms with van der Waals surface area (Å²) < 4.78 is 11.3. The molecule has 2 aromatic carbocycles. The molecule has 2 rings (SSSR count). The summed E-state index contributed by atoms with van der Waals surface area (Å²) >= 11 is 0. The van der Waals surface area contributed by atoms with Gasteiger partial charge in [-0.2, -0.15) is 0 Å². The van der Waals surface area contributed by atoms with E-state index in [2.05, 4.69) is 10.9 Å². The van der Waals surface area contributed by atoms with E-state index in [4.69, 9.17) is 0 Å². The van der Waals surface area contributed by atoms with Gasteiger partial charge in [0.1, 0.15) is 5.69 Å². The van der Waals surface area contributed by atoms with E-state index in [1.807, 2.05) is 0 Å². The van der Waals surface area contributed by atoms with Crippen molar-refractivity contribution >= 4 is 28.1 Å². The Hall–Kier alpha value is -2.74. The van der Waals surface area contributed by atoms with Gasteiger partial charge in [-0.3, -0.25) is 30.0 Å². The van der Waals surface area contributed by atoms with Crippen molar-refractivity contribution in [2.24, 2.45) is 0 Å². The third-order valence-corrected chi connectivity index (χ3v) is 3.80. The molecule has 0 saturated heterocycles. The Labute approximate surface area is 128 Å². The van der Waals surface area contributed by atoms with Crippen molar-refractivity contribution in [3.63, 3.8) is 0 Å². The number of anilines is 1. The molecule has 0 bridgehead atoms. The molecular weight excluding hydrogens is 306 g/mol. The SMILES string of the molecule is CS(=O)c1ccc(C(=O)NNc2ccccc2[N+](=O)[O-])cc1. The summed E-state index contributed by atoms with van der Waals surface area (Å²) in [6.07, 6.45) is 1.55. The average Bonchev–Trinajstić information content (AvgIpc) is 2.52. The first kappa shape index (κ1) is 15.6. The predicted octanol–water partition coefficient (Wildman–Crippen LogP) is 2.09. The molecule has 1 atom stereocenters. The highest BCUT2D eigenvalue weighted by atomic mass is 32.2. The molecule has 114 valence electrons. The first-order chi connectivity index (χ1) is 10.5. The van der Waals surface area contributed by atoms with E-state index in [1.165, 1.54) is 30.3 Å². The second-order valence-corrected chi connectivity index (χ2v) is 5.71. The van der Waals surface area contributed by atoms with Crippen LogP contribution < -0.4 is 10.9 Å². The maximum Gasteiger partial charge on any atom is 0.294 e. The van der Waals surface area contributed by atoms with E-state index >= 15 is 0 Å². The summed E-state index contributed by atoms with van der Waals surface area (Å²) in [5.74, 6) is -0.452. The van der Waals surface area contributed by atoms with Crippen LogP contribution in [0.5, 0.6) is 0 Å². The van der Waals surface area contributed by atoms with Crippen LogP contribution in [0.3, 0.4) is 0 Å². The topological polar surface area (TPSA) is 101 Å². The normalized spacial score (nSPS) is 11.5. The highest BCUT2D eigenvalue weighted by molar-refractivity contribution is 7.84. The maximum atomic E-state index is 12.0. The van der Waals surface area contributed by atoms with Crippen LogP contribution in [0, 0.1) is 10.1 Å². The van der Waals surface area contributed by atoms with Crippen LogP contribution in [-0.2, 0) is 10.8 Å². The van der Waals surface area contributed by atoms with E-state index < -0.39 is 21.6 Å². The van der Waals surface area contributed by atoms with Crippen molar-refractivity contribution in [1.82, 2.24) is 5.43 Å². The Bertz CT molecular complexity index is 731. The predicted molar refractivity (Wildman–Crippen MR) is 83.0 cm³/mol. The van der Waals surface area contributed by atoms with Gasteiger partial charge < -0.3 is 0 Å². The fourth-order valence-electron chi connectivity index (χ4n) is 1.73. The van der Waals surface area contributed by atoms with Gasteiger partial charge in [-0.15, -0.1) is 0 Å². The molecule has 0 fully saturated rings. The maximum absolute atomic E-state index is 12.0. The molecule has 1 unspecified atom stereocenters. The lowest BCUT2D eigenvalue weighted by atomic mass is 10.2. The lowest BCUT2D eigenvalue weighted by molar-refractivity contribution is -0.384. The number of nitrogens with zero attached hydrogens (tertiary/aromatic N) is 1. The number of para-hydroxylation sites is 2. The Balaban J connectivity index is 2.07. The molecule has 1 amide bonds. The molecular formula is C14H13N3O4S. The van der Waals surface area contributed by atoms with E-state index in [9.17, 15) is 19.1 Å². The van der Waals surface area contributed by atoms with E-state index in [0.717, 1.165) is 0 Å². The fraction of sp³-hybridized carbons (Fsp3) is 0.0714. The summed E-state index contributed by atoms with van der Waals surface area (Å²) in [4.78, 5) is 22.9. The number of amides is 1. The molecule has 0 aliphatic carbocycles. The van der Waals surface area contributed by atoms with Gasteiger partial charge in [-0.25, -0.2) is 0 Å². The lowest BCUT2D eigenvalue weighted by Gasteiger charge is -2.09. The minimum atomic E-state index is -1.11. The molecule has 22 heavy (non-hydrogen) atoms. The van der Waals surface area contributed by atoms with Gasteiger partial charge in [0.2, 0.25) is 0 Å². The molecule has 2 aromatic rings. The molecule has 0 radical (unpaired) electrons. The van der Waals surface area contributed by atoms with Gasteiger partial charge in [0.25, 0.3) is 11.6 Å². The Morgan fingerprint density at radius 1 is 1.14 bits per heavy atom. The van der Waals surface area contributed by atoms with Crippen molar-refractivity contribution < 1.29 is 13.9 Å². The first-order valence-corrected chi connectivity index (χ1v) is 7.78. The Kier molecular flexibility index (Phi) is 4.84. The number of hydrogen-bond acceptors (Lipinski definition) is 5. The highest BCUT2D eigenvalue weighted by Gasteiger charge is 2.13. The molecule has 0 saturated carbocycles. The largest absolute Gasteiger partial charge is 0.294 e. The molecule has 7 nitrogen and oxygen atoms in total. The van der Waals surface area contributed by atoms with Gasteiger partial charge >= 0.3 is 0 Å². The molecule has 0 aromatic heterocycles. The molecule has 8 heteroatoms. The minimum absolute atomic E-state index is 0.139. The molecule has 0 heterocycles. The van der Waals surface area contributed by atoms with Gasteiger partial charge in [0, 0.05) is 33.6 Å². The number of nitro benzene ring substituents is 1. The van der Waals surface area contributed by atoms with Crippen molar-refractivity contribution in [1.29, 1.82) is 0 Å². The number of benzene rings is 2. The highest BCUT2D eigenvalue weighted by Crippen LogP contribution is 2.22. The summed E-state index contributed by atoms with van der Waals surface area (Å²) in [7, 11) is -1.11. The van der Waals surface area contributed by atoms with Crippen molar-refractivity contribution in [2.45, 2.75) is 4.90 Å². The summed E-state index contributed by atoms with van der Waals surface area (Å²) in [5.41, 5.74) is 5.31. The summed E-state index contributed by atoms with van der Waals surface area (Å²) in [6.45, 7) is 0. The van der Waals surface area contributed by atoms with Crippen molar-refractivity contribution in [3.05, 3.63) is 64.2 Å². The Morgan fingerprint density at radius 3 is 2.36 bits per heavy atom. The zero-order valence-electron chi connectivity index (χ0n) is 11.6. The number of carbonyl (C=O) groups is 1. The molecule has 2 N–H and O–H groups in total. The van der Waals surface area contributed by atoms with E-state index in [1.54, 1.807) is 24.5 Å². The van der Waals surface area contributed by atoms with Gasteiger partial charge in [0.15, 0.2) is 0 Å². The van der Waals surface area contributed by atoms with Crippen LogP contribution in [0.2, 0.25) is 0 Å². The van der Waals surface area contributed by atoms with Crippen molar-refractivity contribution in [3.8, 4) is 0 Å². The van der Waals surface area contributed by atoms with Gasteiger partial charge in [-0.1, -0.05) is 12.1 Å². The van der Waals surface area contributed by atoms with E-state index in [-0.39, 0.29) is 11.4 Å². The Morgan fingerprint density at radius 2 is 1.77 bits per heavy atom. The molecule has 0 aliphatic rings. The zero-order valence-corrected chi connectivity index (χ0v) is 12.4. The molecule has 0 aliphatic heterocycles. The van der Waals surface area contributed by atoms with Crippen molar-refractivity contribution in [2.75, 3.05) is 11.7 Å². The first-order valence-electron chi connectivity index (χ1n) is 6.22. The average molecular weight is 319 g/mol. The summed E-state index contributed by atoms with van der Waals surface area (Å²) in [6, 6.07) is 12.2. The van der Waals surface area contributed by atoms with E-state index in [0.29, 0.717) is 10.5 Å². The van der Waals surface area contributed by atoms with Gasteiger partial charge in [0.05, 0.1) is 4.92 Å². The molecule has 0 spiro atoms. The monoisotopic (exact) mass is 319 g/mol. The second-order valence-electron chi connectivity index (χ2n) is 4.33. The van der Waals surface area contributed by atoms with Crippen LogP contribution in [0.25, 0.3) is 0 Å². The number of nitro groups is 1. The van der Waals surface area contributed by atoms with Gasteiger partial charge in [-0.05, 0) is 30.3 Å². The van der Waals surface area contributed by atoms with Crippen LogP contribution >= 0.6 is 0 Å². The van der Waals surface area contributed by atoms with Crippen LogP contribution in [-0.4, -0.2) is 21.3 Å². The number of rotatable bonds is 5.